The molecule has 5 nitrogen and oxygen atoms in total. The standard InChI is InChI=1S/C17H12F3N3O2/c1-24-15-12(4-2-8-21-15)13-5-3-9-22-16(13)25-11-6-7-14(23-10-11)17(18,19)20/h2-10H,1H3. The van der Waals surface area contributed by atoms with Crippen molar-refractivity contribution in [1.82, 2.24) is 15.0 Å². The van der Waals surface area contributed by atoms with Crippen LogP contribution < -0.4 is 9.47 Å². The maximum Gasteiger partial charge on any atom is 0.433 e. The molecule has 3 aromatic rings. The minimum atomic E-state index is -4.50. The zero-order valence-electron chi connectivity index (χ0n) is 13.0. The number of ether oxygens (including phenoxy) is 2. The number of nitrogens with zero attached hydrogens (tertiary/aromatic N) is 3. The third kappa shape index (κ3) is 3.68. The molecule has 3 rings (SSSR count). The Hall–Kier alpha value is -3.16. The Labute approximate surface area is 141 Å². The van der Waals surface area contributed by atoms with Gasteiger partial charge in [0.25, 0.3) is 0 Å². The molecule has 0 radical (unpaired) electrons. The highest BCUT2D eigenvalue weighted by atomic mass is 19.4. The van der Waals surface area contributed by atoms with Crippen molar-refractivity contribution in [1.29, 1.82) is 0 Å². The SMILES string of the molecule is COc1ncccc1-c1cccnc1Oc1ccc(C(F)(F)F)nc1. The van der Waals surface area contributed by atoms with Gasteiger partial charge in [0.2, 0.25) is 11.8 Å². The number of hydrogen-bond acceptors (Lipinski definition) is 5. The van der Waals surface area contributed by atoms with Crippen molar-refractivity contribution < 1.29 is 22.6 Å². The van der Waals surface area contributed by atoms with Crippen LogP contribution in [0.15, 0.2) is 55.0 Å². The molecule has 0 unspecified atom stereocenters. The first kappa shape index (κ1) is 16.7. The van der Waals surface area contributed by atoms with E-state index in [0.717, 1.165) is 12.3 Å². The van der Waals surface area contributed by atoms with Crippen LogP contribution >= 0.6 is 0 Å². The maximum absolute atomic E-state index is 12.6. The summed E-state index contributed by atoms with van der Waals surface area (Å²) in [5, 5.41) is 0. The first-order valence-electron chi connectivity index (χ1n) is 7.14. The minimum absolute atomic E-state index is 0.135. The van der Waals surface area contributed by atoms with Gasteiger partial charge >= 0.3 is 6.18 Å². The molecule has 0 aliphatic carbocycles. The maximum atomic E-state index is 12.6. The highest BCUT2D eigenvalue weighted by molar-refractivity contribution is 5.72. The second-order valence-corrected chi connectivity index (χ2v) is 4.90. The van der Waals surface area contributed by atoms with E-state index in [1.54, 1.807) is 30.5 Å². The molecule has 128 valence electrons. The molecule has 8 heteroatoms. The lowest BCUT2D eigenvalue weighted by molar-refractivity contribution is -0.141. The van der Waals surface area contributed by atoms with Gasteiger partial charge in [-0.2, -0.15) is 13.2 Å². The topological polar surface area (TPSA) is 57.1 Å². The molecule has 0 spiro atoms. The fourth-order valence-corrected chi connectivity index (χ4v) is 2.16. The minimum Gasteiger partial charge on any atom is -0.481 e. The first-order chi connectivity index (χ1) is 12.0. The number of halogens is 3. The van der Waals surface area contributed by atoms with Crippen LogP contribution in [0.5, 0.6) is 17.5 Å². The van der Waals surface area contributed by atoms with Crippen LogP contribution in [0.3, 0.4) is 0 Å². The van der Waals surface area contributed by atoms with Gasteiger partial charge < -0.3 is 9.47 Å². The molecule has 3 aromatic heterocycles. The van der Waals surface area contributed by atoms with Crippen LogP contribution in [0.25, 0.3) is 11.1 Å². The van der Waals surface area contributed by atoms with Crippen molar-refractivity contribution in [2.45, 2.75) is 6.18 Å². The Kier molecular flexibility index (Phi) is 4.51. The molecule has 3 heterocycles. The second-order valence-electron chi connectivity index (χ2n) is 4.90. The van der Waals surface area contributed by atoms with Crippen LogP contribution in [0, 0.1) is 0 Å². The van der Waals surface area contributed by atoms with Gasteiger partial charge in [0.05, 0.1) is 13.3 Å². The Morgan fingerprint density at radius 2 is 1.48 bits per heavy atom. The molecule has 0 saturated heterocycles. The average Bonchev–Trinajstić information content (AvgIpc) is 2.62. The highest BCUT2D eigenvalue weighted by Crippen LogP contribution is 2.36. The van der Waals surface area contributed by atoms with Gasteiger partial charge in [0.1, 0.15) is 11.4 Å². The summed E-state index contributed by atoms with van der Waals surface area (Å²) < 4.78 is 48.6. The second kappa shape index (κ2) is 6.76. The van der Waals surface area contributed by atoms with Crippen LogP contribution in [0.4, 0.5) is 13.2 Å². The van der Waals surface area contributed by atoms with E-state index < -0.39 is 11.9 Å². The lowest BCUT2D eigenvalue weighted by atomic mass is 10.1. The third-order valence-corrected chi connectivity index (χ3v) is 3.27. The third-order valence-electron chi connectivity index (χ3n) is 3.27. The van der Waals surface area contributed by atoms with Gasteiger partial charge in [0.15, 0.2) is 0 Å². The molecule has 0 atom stereocenters. The molecule has 25 heavy (non-hydrogen) atoms. The summed E-state index contributed by atoms with van der Waals surface area (Å²) >= 11 is 0. The number of alkyl halides is 3. The molecule has 0 aliphatic heterocycles. The zero-order chi connectivity index (χ0) is 17.9. The fourth-order valence-electron chi connectivity index (χ4n) is 2.16. The van der Waals surface area contributed by atoms with E-state index >= 15 is 0 Å². The molecule has 0 aromatic carbocycles. The Bertz CT molecular complexity index is 868. The van der Waals surface area contributed by atoms with Gasteiger partial charge in [-0.05, 0) is 36.4 Å². The van der Waals surface area contributed by atoms with E-state index in [-0.39, 0.29) is 11.6 Å². The van der Waals surface area contributed by atoms with E-state index in [0.29, 0.717) is 17.0 Å². The Morgan fingerprint density at radius 3 is 2.04 bits per heavy atom. The van der Waals surface area contributed by atoms with Crippen molar-refractivity contribution in [2.75, 3.05) is 7.11 Å². The van der Waals surface area contributed by atoms with Crippen LogP contribution in [-0.4, -0.2) is 22.1 Å². The van der Waals surface area contributed by atoms with Crippen molar-refractivity contribution in [3.63, 3.8) is 0 Å². The monoisotopic (exact) mass is 347 g/mol. The Morgan fingerprint density at radius 1 is 0.840 bits per heavy atom. The number of methoxy groups -OCH3 is 1. The molecule has 0 N–H and O–H groups in total. The molecule has 0 aliphatic rings. The van der Waals surface area contributed by atoms with E-state index in [1.165, 1.54) is 19.4 Å². The summed E-state index contributed by atoms with van der Waals surface area (Å²) in [6.07, 6.45) is -0.405. The van der Waals surface area contributed by atoms with Crippen molar-refractivity contribution in [3.8, 4) is 28.6 Å². The number of rotatable bonds is 4. The molecule has 0 saturated carbocycles. The van der Waals surface area contributed by atoms with Crippen molar-refractivity contribution in [3.05, 3.63) is 60.7 Å². The average molecular weight is 347 g/mol. The van der Waals surface area contributed by atoms with Gasteiger partial charge in [-0.1, -0.05) is 0 Å². The lowest BCUT2D eigenvalue weighted by Crippen LogP contribution is -2.07. The summed E-state index contributed by atoms with van der Waals surface area (Å²) in [4.78, 5) is 11.6. The Balaban J connectivity index is 1.94. The largest absolute Gasteiger partial charge is 0.481 e. The number of hydrogen-bond donors (Lipinski definition) is 0. The summed E-state index contributed by atoms with van der Waals surface area (Å²) in [7, 11) is 1.49. The molecule has 0 amide bonds. The predicted octanol–water partition coefficient (Wildman–Crippen LogP) is 4.36. The fraction of sp³-hybridized carbons (Fsp3) is 0.118. The van der Waals surface area contributed by atoms with E-state index in [9.17, 15) is 13.2 Å². The smallest absolute Gasteiger partial charge is 0.433 e. The molecular formula is C17H12F3N3O2. The molecule has 0 bridgehead atoms. The zero-order valence-corrected chi connectivity index (χ0v) is 13.0. The van der Waals surface area contributed by atoms with E-state index in [4.69, 9.17) is 9.47 Å². The van der Waals surface area contributed by atoms with Gasteiger partial charge in [-0.25, -0.2) is 15.0 Å². The predicted molar refractivity (Wildman–Crippen MR) is 83.3 cm³/mol. The van der Waals surface area contributed by atoms with Crippen LogP contribution in [0.1, 0.15) is 5.69 Å². The van der Waals surface area contributed by atoms with Gasteiger partial charge in [-0.3, -0.25) is 0 Å². The summed E-state index contributed by atoms with van der Waals surface area (Å²) in [5.74, 6) is 0.720. The van der Waals surface area contributed by atoms with Crippen molar-refractivity contribution >= 4 is 0 Å². The van der Waals surface area contributed by atoms with E-state index in [2.05, 4.69) is 15.0 Å². The summed E-state index contributed by atoms with van der Waals surface area (Å²) in [6.45, 7) is 0. The lowest BCUT2D eigenvalue weighted by Gasteiger charge is -2.12. The summed E-state index contributed by atoms with van der Waals surface area (Å²) in [5.41, 5.74) is 0.246. The first-order valence-corrected chi connectivity index (χ1v) is 7.14. The highest BCUT2D eigenvalue weighted by Gasteiger charge is 2.32. The number of aromatic nitrogens is 3. The van der Waals surface area contributed by atoms with Gasteiger partial charge in [0, 0.05) is 23.5 Å². The van der Waals surface area contributed by atoms with E-state index in [1.807, 2.05) is 0 Å². The van der Waals surface area contributed by atoms with Crippen LogP contribution in [-0.2, 0) is 6.18 Å². The normalized spacial score (nSPS) is 11.2. The number of pyridine rings is 3. The van der Waals surface area contributed by atoms with Crippen molar-refractivity contribution in [2.24, 2.45) is 0 Å². The quantitative estimate of drug-likeness (QED) is 0.702. The molecule has 0 fully saturated rings. The van der Waals surface area contributed by atoms with Crippen LogP contribution in [0.2, 0.25) is 0 Å². The summed E-state index contributed by atoms with van der Waals surface area (Å²) in [6, 6.07) is 9.01. The molecular weight excluding hydrogens is 335 g/mol. The van der Waals surface area contributed by atoms with Gasteiger partial charge in [-0.15, -0.1) is 0 Å².